The van der Waals surface area contributed by atoms with Gasteiger partial charge in [-0.25, -0.2) is 9.97 Å². The minimum Gasteiger partial charge on any atom is -0.404 e. The fraction of sp³-hybridized carbons (Fsp3) is 0.320. The van der Waals surface area contributed by atoms with Gasteiger partial charge in [0.1, 0.15) is 6.54 Å². The van der Waals surface area contributed by atoms with Gasteiger partial charge in [0.15, 0.2) is 5.82 Å². The lowest BCUT2D eigenvalue weighted by Crippen LogP contribution is -2.46. The number of likely N-dealkylation sites (tertiary alicyclic amines) is 1. The van der Waals surface area contributed by atoms with Crippen molar-refractivity contribution in [3.63, 3.8) is 0 Å². The lowest BCUT2D eigenvalue weighted by Gasteiger charge is -2.31. The number of morpholine rings is 1. The molecular weight excluding hydrogens is 430 g/mol. The van der Waals surface area contributed by atoms with Crippen LogP contribution in [0.25, 0.3) is 28.1 Å². The van der Waals surface area contributed by atoms with E-state index in [2.05, 4.69) is 20.1 Å². The summed E-state index contributed by atoms with van der Waals surface area (Å²) in [4.78, 5) is 27.7. The Morgan fingerprint density at radius 3 is 2.56 bits per heavy atom. The number of ether oxygens (including phenoxy) is 1. The monoisotopic (exact) mass is 457 g/mol. The zero-order valence-electron chi connectivity index (χ0n) is 19.0. The summed E-state index contributed by atoms with van der Waals surface area (Å²) >= 11 is 0. The molecule has 9 heteroatoms. The summed E-state index contributed by atoms with van der Waals surface area (Å²) in [5.74, 6) is 0.618. The number of rotatable bonds is 6. The molecule has 4 heterocycles. The van der Waals surface area contributed by atoms with Crippen LogP contribution in [0.4, 0.5) is 0 Å². The molecule has 1 amide bonds. The molecule has 2 N–H and O–H groups in total. The Morgan fingerprint density at radius 1 is 1.15 bits per heavy atom. The molecule has 0 aliphatic carbocycles. The van der Waals surface area contributed by atoms with Gasteiger partial charge in [0.2, 0.25) is 5.91 Å². The summed E-state index contributed by atoms with van der Waals surface area (Å²) in [6, 6.07) is 8.02. The highest BCUT2D eigenvalue weighted by atomic mass is 16.5. The van der Waals surface area contributed by atoms with Crippen LogP contribution in [-0.4, -0.2) is 68.6 Å². The first-order valence-electron chi connectivity index (χ1n) is 11.4. The van der Waals surface area contributed by atoms with Crippen LogP contribution in [0.15, 0.2) is 60.2 Å². The summed E-state index contributed by atoms with van der Waals surface area (Å²) in [5.41, 5.74) is 10.2. The van der Waals surface area contributed by atoms with Crippen molar-refractivity contribution in [3.05, 3.63) is 60.8 Å². The minimum atomic E-state index is 0.00733. The number of carbonyl (C=O) groups is 1. The predicted molar refractivity (Wildman–Crippen MR) is 130 cm³/mol. The summed E-state index contributed by atoms with van der Waals surface area (Å²) in [5, 5.41) is 4.23. The number of fused-ring (bicyclic) bond motifs is 2. The van der Waals surface area contributed by atoms with Crippen molar-refractivity contribution in [2.24, 2.45) is 17.8 Å². The summed E-state index contributed by atoms with van der Waals surface area (Å²) in [6.45, 7) is 1.39. The minimum absolute atomic E-state index is 0.00733. The van der Waals surface area contributed by atoms with Crippen LogP contribution in [0.2, 0.25) is 0 Å². The van der Waals surface area contributed by atoms with Gasteiger partial charge in [-0.1, -0.05) is 18.2 Å². The number of carbonyl (C=O) groups excluding carboxylic acids is 1. The molecule has 2 aliphatic rings. The molecule has 9 nitrogen and oxygen atoms in total. The van der Waals surface area contributed by atoms with Crippen molar-refractivity contribution in [1.29, 1.82) is 0 Å². The highest BCUT2D eigenvalue weighted by Crippen LogP contribution is 2.26. The molecule has 174 valence electrons. The smallest absolute Gasteiger partial charge is 0.244 e. The van der Waals surface area contributed by atoms with Crippen LogP contribution in [-0.2, 0) is 16.6 Å². The van der Waals surface area contributed by atoms with Crippen molar-refractivity contribution in [1.82, 2.24) is 24.6 Å². The third kappa shape index (κ3) is 4.74. The number of aromatic nitrogens is 4. The van der Waals surface area contributed by atoms with Gasteiger partial charge in [0.05, 0.1) is 18.4 Å². The molecule has 2 unspecified atom stereocenters. The number of aryl methyl sites for hydroxylation is 1. The maximum absolute atomic E-state index is 12.5. The van der Waals surface area contributed by atoms with Crippen molar-refractivity contribution in [2.45, 2.75) is 25.0 Å². The Kier molecular flexibility index (Phi) is 6.18. The lowest BCUT2D eigenvalue weighted by molar-refractivity contribution is -0.138. The molecule has 2 bridgehead atoms. The van der Waals surface area contributed by atoms with Gasteiger partial charge in [-0.2, -0.15) is 5.10 Å². The fourth-order valence-electron chi connectivity index (χ4n) is 4.39. The second-order valence-corrected chi connectivity index (χ2v) is 8.63. The molecule has 0 saturated carbocycles. The fourth-order valence-corrected chi connectivity index (χ4v) is 4.39. The summed E-state index contributed by atoms with van der Waals surface area (Å²) in [7, 11) is 1.89. The molecule has 2 aliphatic heterocycles. The van der Waals surface area contributed by atoms with Gasteiger partial charge in [0.25, 0.3) is 0 Å². The van der Waals surface area contributed by atoms with Gasteiger partial charge in [0, 0.05) is 73.4 Å². The first kappa shape index (κ1) is 22.0. The zero-order valence-corrected chi connectivity index (χ0v) is 19.0. The van der Waals surface area contributed by atoms with E-state index in [9.17, 15) is 4.79 Å². The van der Waals surface area contributed by atoms with Crippen LogP contribution >= 0.6 is 0 Å². The third-order valence-electron chi connectivity index (χ3n) is 6.18. The maximum Gasteiger partial charge on any atom is 0.244 e. The third-order valence-corrected chi connectivity index (χ3v) is 6.18. The van der Waals surface area contributed by atoms with Crippen molar-refractivity contribution >= 4 is 17.7 Å². The molecule has 0 spiro atoms. The maximum atomic E-state index is 12.5. The van der Waals surface area contributed by atoms with Crippen molar-refractivity contribution < 1.29 is 9.53 Å². The first-order chi connectivity index (χ1) is 16.6. The highest BCUT2D eigenvalue weighted by molar-refractivity contribution is 6.09. The average Bonchev–Trinajstić information content (AvgIpc) is 3.46. The Labute approximate surface area is 198 Å². The number of nitrogens with two attached hydrogens (primary N) is 1. The van der Waals surface area contributed by atoms with E-state index >= 15 is 0 Å². The van der Waals surface area contributed by atoms with Crippen LogP contribution in [0.3, 0.4) is 0 Å². The van der Waals surface area contributed by atoms with E-state index < -0.39 is 0 Å². The number of allylic oxidation sites excluding steroid dienone is 1. The van der Waals surface area contributed by atoms with E-state index in [4.69, 9.17) is 10.5 Å². The van der Waals surface area contributed by atoms with E-state index in [1.807, 2.05) is 48.6 Å². The summed E-state index contributed by atoms with van der Waals surface area (Å²) < 4.78 is 7.56. The molecule has 34 heavy (non-hydrogen) atoms. The van der Waals surface area contributed by atoms with Crippen molar-refractivity contribution in [2.75, 3.05) is 19.6 Å². The number of benzene rings is 1. The highest BCUT2D eigenvalue weighted by Gasteiger charge is 2.35. The van der Waals surface area contributed by atoms with Crippen molar-refractivity contribution in [3.8, 4) is 22.5 Å². The Morgan fingerprint density at radius 2 is 1.88 bits per heavy atom. The Bertz CT molecular complexity index is 1220. The molecular formula is C25H27N7O2. The van der Waals surface area contributed by atoms with Gasteiger partial charge in [-0.15, -0.1) is 0 Å². The van der Waals surface area contributed by atoms with E-state index in [1.54, 1.807) is 23.3 Å². The number of hydrogen-bond donors (Lipinski definition) is 1. The molecule has 5 rings (SSSR count). The van der Waals surface area contributed by atoms with Crippen LogP contribution in [0.1, 0.15) is 18.4 Å². The van der Waals surface area contributed by atoms with E-state index in [0.717, 1.165) is 35.1 Å². The number of amides is 1. The van der Waals surface area contributed by atoms with E-state index in [1.165, 1.54) is 6.20 Å². The average molecular weight is 458 g/mol. The molecule has 3 aromatic rings. The predicted octanol–water partition coefficient (Wildman–Crippen LogP) is 2.30. The van der Waals surface area contributed by atoms with Crippen LogP contribution in [0, 0.1) is 0 Å². The van der Waals surface area contributed by atoms with E-state index in [-0.39, 0.29) is 24.7 Å². The normalized spacial score (nSPS) is 20.3. The number of hydrogen-bond acceptors (Lipinski definition) is 7. The number of nitrogens with zero attached hydrogens (tertiary/aromatic N) is 6. The molecule has 2 saturated heterocycles. The lowest BCUT2D eigenvalue weighted by atomic mass is 10.1. The molecule has 2 fully saturated rings. The SMILES string of the molecule is Cn1cc(-c2cccc(-c3ncc(C(C=NCC(=O)N4CC5CCC(C4)O5)=CN)cn3)c2)cn1. The number of aliphatic imine (C=N–C) groups is 1. The van der Waals surface area contributed by atoms with Crippen LogP contribution < -0.4 is 5.73 Å². The van der Waals surface area contributed by atoms with Crippen LogP contribution in [0.5, 0.6) is 0 Å². The van der Waals surface area contributed by atoms with Gasteiger partial charge in [-0.05, 0) is 24.5 Å². The van der Waals surface area contributed by atoms with Gasteiger partial charge in [-0.3, -0.25) is 14.5 Å². The van der Waals surface area contributed by atoms with Gasteiger partial charge >= 0.3 is 0 Å². The summed E-state index contributed by atoms with van der Waals surface area (Å²) in [6.07, 6.45) is 12.7. The second-order valence-electron chi connectivity index (χ2n) is 8.63. The Hall–Kier alpha value is -3.85. The Balaban J connectivity index is 1.24. The zero-order chi connectivity index (χ0) is 23.5. The second kappa shape index (κ2) is 9.56. The molecule has 1 aromatic carbocycles. The molecule has 0 radical (unpaired) electrons. The largest absolute Gasteiger partial charge is 0.404 e. The van der Waals surface area contributed by atoms with E-state index in [0.29, 0.717) is 24.5 Å². The molecule has 2 atom stereocenters. The molecule has 2 aromatic heterocycles. The quantitative estimate of drug-likeness (QED) is 0.569. The topological polar surface area (TPSA) is 112 Å². The first-order valence-corrected chi connectivity index (χ1v) is 11.4. The van der Waals surface area contributed by atoms with Gasteiger partial charge < -0.3 is 15.4 Å². The standard InChI is InChI=1S/C25H27N7O2/c1-31-14-21(12-30-31)17-3-2-4-18(7-17)25-28-10-20(11-29-25)19(8-26)9-27-13-24(33)32-15-22-5-6-23(16-32)34-22/h2-4,7-12,14,22-23H,5-6,13,15-16,26H2,1H3.